The second-order valence-corrected chi connectivity index (χ2v) is 2.67. The molecule has 0 spiro atoms. The number of methoxy groups -OCH3 is 1. The number of ether oxygens (including phenoxy) is 1. The third kappa shape index (κ3) is 2.05. The molecule has 3 nitrogen and oxygen atoms in total. The van der Waals surface area contributed by atoms with Crippen molar-refractivity contribution in [2.75, 3.05) is 7.11 Å². The quantitative estimate of drug-likeness (QED) is 0.805. The van der Waals surface area contributed by atoms with Crippen LogP contribution in [-0.2, 0) is 10.8 Å². The van der Waals surface area contributed by atoms with Crippen molar-refractivity contribution in [1.29, 1.82) is 0 Å². The predicted molar refractivity (Wildman–Crippen MR) is 45.9 cm³/mol. The normalized spacial score (nSPS) is 11.4. The van der Waals surface area contributed by atoms with Crippen molar-refractivity contribution in [3.63, 3.8) is 0 Å². The summed E-state index contributed by atoms with van der Waals surface area (Å²) in [5, 5.41) is 0. The molecule has 5 heteroatoms. The number of amides is 1. The van der Waals surface area contributed by atoms with E-state index in [2.05, 4.69) is 4.74 Å². The van der Waals surface area contributed by atoms with E-state index in [9.17, 15) is 13.6 Å². The first kappa shape index (κ1) is 10.6. The number of primary amides is 1. The Balaban J connectivity index is 3.12. The third-order valence-electron chi connectivity index (χ3n) is 1.74. The molecule has 0 saturated heterocycles. The van der Waals surface area contributed by atoms with Crippen LogP contribution < -0.4 is 5.73 Å². The van der Waals surface area contributed by atoms with E-state index < -0.39 is 17.6 Å². The van der Waals surface area contributed by atoms with Gasteiger partial charge in [0.1, 0.15) is 0 Å². The van der Waals surface area contributed by atoms with E-state index in [1.54, 1.807) is 0 Å². The Morgan fingerprint density at radius 3 is 2.64 bits per heavy atom. The van der Waals surface area contributed by atoms with Crippen LogP contribution in [0.3, 0.4) is 0 Å². The Morgan fingerprint density at radius 1 is 1.50 bits per heavy atom. The van der Waals surface area contributed by atoms with Gasteiger partial charge < -0.3 is 10.5 Å². The molecule has 0 unspecified atom stereocenters. The van der Waals surface area contributed by atoms with E-state index in [0.717, 1.165) is 19.2 Å². The minimum atomic E-state index is -3.40. The Kier molecular flexibility index (Phi) is 2.81. The molecule has 0 radical (unpaired) electrons. The number of carbonyl (C=O) groups is 1. The maximum Gasteiger partial charge on any atom is 0.383 e. The van der Waals surface area contributed by atoms with Crippen LogP contribution in [0, 0.1) is 0 Å². The zero-order chi connectivity index (χ0) is 10.8. The second-order valence-electron chi connectivity index (χ2n) is 2.67. The smallest absolute Gasteiger partial charge is 0.366 e. The Bertz CT molecular complexity index is 352. The van der Waals surface area contributed by atoms with Crippen LogP contribution in [0.1, 0.15) is 15.9 Å². The summed E-state index contributed by atoms with van der Waals surface area (Å²) in [4.78, 5) is 10.7. The zero-order valence-corrected chi connectivity index (χ0v) is 7.46. The summed E-state index contributed by atoms with van der Waals surface area (Å²) in [6.45, 7) is 0. The van der Waals surface area contributed by atoms with Gasteiger partial charge in [-0.25, -0.2) is 0 Å². The van der Waals surface area contributed by atoms with Gasteiger partial charge in [0.25, 0.3) is 0 Å². The van der Waals surface area contributed by atoms with E-state index in [-0.39, 0.29) is 5.56 Å². The van der Waals surface area contributed by atoms with Crippen molar-refractivity contribution >= 4 is 5.91 Å². The van der Waals surface area contributed by atoms with Gasteiger partial charge in [0.2, 0.25) is 5.91 Å². The highest BCUT2D eigenvalue weighted by atomic mass is 19.3. The first-order chi connectivity index (χ1) is 6.47. The Hall–Kier alpha value is -1.49. The monoisotopic (exact) mass is 201 g/mol. The summed E-state index contributed by atoms with van der Waals surface area (Å²) in [6, 6.07) is 4.85. The standard InChI is InChI=1S/C9H9F2NO2/c1-14-9(10,11)7-4-2-3-6(5-7)8(12)13/h2-5H,1H3,(H2,12,13). The lowest BCUT2D eigenvalue weighted by Gasteiger charge is -2.14. The molecule has 0 aliphatic rings. The molecule has 0 bridgehead atoms. The van der Waals surface area contributed by atoms with E-state index in [0.29, 0.717) is 0 Å². The minimum Gasteiger partial charge on any atom is -0.366 e. The van der Waals surface area contributed by atoms with Gasteiger partial charge in [-0.15, -0.1) is 0 Å². The van der Waals surface area contributed by atoms with Gasteiger partial charge in [0.05, 0.1) is 5.56 Å². The SMILES string of the molecule is COC(F)(F)c1cccc(C(N)=O)c1. The van der Waals surface area contributed by atoms with E-state index in [4.69, 9.17) is 5.73 Å². The van der Waals surface area contributed by atoms with Crippen LogP contribution >= 0.6 is 0 Å². The molecule has 0 heterocycles. The van der Waals surface area contributed by atoms with Crippen LogP contribution in [0.2, 0.25) is 0 Å². The molecule has 0 aromatic heterocycles. The highest BCUT2D eigenvalue weighted by Crippen LogP contribution is 2.28. The number of hydrogen-bond donors (Lipinski definition) is 1. The van der Waals surface area contributed by atoms with Gasteiger partial charge in [0.15, 0.2) is 0 Å². The number of benzene rings is 1. The lowest BCUT2D eigenvalue weighted by molar-refractivity contribution is -0.231. The van der Waals surface area contributed by atoms with E-state index >= 15 is 0 Å². The van der Waals surface area contributed by atoms with E-state index in [1.165, 1.54) is 12.1 Å². The molecular weight excluding hydrogens is 192 g/mol. The van der Waals surface area contributed by atoms with Crippen LogP contribution in [0.15, 0.2) is 24.3 Å². The van der Waals surface area contributed by atoms with Crippen LogP contribution in [0.25, 0.3) is 0 Å². The lowest BCUT2D eigenvalue weighted by Crippen LogP contribution is -2.18. The molecular formula is C9H9F2NO2. The van der Waals surface area contributed by atoms with Crippen molar-refractivity contribution in [2.24, 2.45) is 5.73 Å². The largest absolute Gasteiger partial charge is 0.383 e. The van der Waals surface area contributed by atoms with Crippen molar-refractivity contribution in [3.8, 4) is 0 Å². The van der Waals surface area contributed by atoms with Gasteiger partial charge in [-0.3, -0.25) is 4.79 Å². The van der Waals surface area contributed by atoms with Gasteiger partial charge in [-0.05, 0) is 12.1 Å². The van der Waals surface area contributed by atoms with Crippen molar-refractivity contribution in [3.05, 3.63) is 35.4 Å². The molecule has 0 aliphatic carbocycles. The first-order valence-electron chi connectivity index (χ1n) is 3.80. The molecule has 0 saturated carbocycles. The van der Waals surface area contributed by atoms with Gasteiger partial charge in [-0.2, -0.15) is 8.78 Å². The molecule has 76 valence electrons. The zero-order valence-electron chi connectivity index (χ0n) is 7.46. The highest BCUT2D eigenvalue weighted by Gasteiger charge is 2.31. The number of hydrogen-bond acceptors (Lipinski definition) is 2. The Labute approximate surface area is 79.5 Å². The number of nitrogens with two attached hydrogens (primary N) is 1. The molecule has 1 aromatic rings. The summed E-state index contributed by atoms with van der Waals surface area (Å²) in [5.74, 6) is -0.751. The molecule has 14 heavy (non-hydrogen) atoms. The summed E-state index contributed by atoms with van der Waals surface area (Å²) in [5.41, 5.74) is 4.58. The fourth-order valence-electron chi connectivity index (χ4n) is 0.971. The molecule has 0 fully saturated rings. The Morgan fingerprint density at radius 2 is 2.14 bits per heavy atom. The first-order valence-corrected chi connectivity index (χ1v) is 3.80. The number of rotatable bonds is 3. The second kappa shape index (κ2) is 3.71. The predicted octanol–water partition coefficient (Wildman–Crippen LogP) is 1.48. The maximum atomic E-state index is 13.0. The lowest BCUT2D eigenvalue weighted by atomic mass is 10.1. The molecule has 1 aromatic carbocycles. The van der Waals surface area contributed by atoms with Crippen molar-refractivity contribution in [2.45, 2.75) is 6.11 Å². The number of alkyl halides is 2. The summed E-state index contributed by atoms with van der Waals surface area (Å²) < 4.78 is 29.9. The van der Waals surface area contributed by atoms with Gasteiger partial charge in [0, 0.05) is 12.7 Å². The minimum absolute atomic E-state index is 0.0271. The molecule has 1 amide bonds. The molecule has 0 atom stereocenters. The maximum absolute atomic E-state index is 13.0. The molecule has 1 rings (SSSR count). The van der Waals surface area contributed by atoms with Crippen molar-refractivity contribution < 1.29 is 18.3 Å². The molecule has 2 N–H and O–H groups in total. The molecule has 0 aliphatic heterocycles. The van der Waals surface area contributed by atoms with Crippen molar-refractivity contribution in [1.82, 2.24) is 0 Å². The van der Waals surface area contributed by atoms with Gasteiger partial charge in [-0.1, -0.05) is 12.1 Å². The number of halogens is 2. The highest BCUT2D eigenvalue weighted by molar-refractivity contribution is 5.92. The van der Waals surface area contributed by atoms with E-state index in [1.807, 2.05) is 0 Å². The van der Waals surface area contributed by atoms with Crippen LogP contribution in [0.4, 0.5) is 8.78 Å². The third-order valence-corrected chi connectivity index (χ3v) is 1.74. The fraction of sp³-hybridized carbons (Fsp3) is 0.222. The average molecular weight is 201 g/mol. The number of carbonyl (C=O) groups excluding carboxylic acids is 1. The average Bonchev–Trinajstić information content (AvgIpc) is 2.18. The summed E-state index contributed by atoms with van der Waals surface area (Å²) in [7, 11) is 0.886. The van der Waals surface area contributed by atoms with Gasteiger partial charge >= 0.3 is 6.11 Å². The summed E-state index contributed by atoms with van der Waals surface area (Å²) in [6.07, 6.45) is -3.40. The van der Waals surface area contributed by atoms with Crippen LogP contribution in [-0.4, -0.2) is 13.0 Å². The fourth-order valence-corrected chi connectivity index (χ4v) is 0.971. The topological polar surface area (TPSA) is 52.3 Å². The van der Waals surface area contributed by atoms with Crippen LogP contribution in [0.5, 0.6) is 0 Å². The summed E-state index contributed by atoms with van der Waals surface area (Å²) >= 11 is 0.